The van der Waals surface area contributed by atoms with Crippen molar-refractivity contribution in [2.45, 2.75) is 57.8 Å². The molecule has 0 unspecified atom stereocenters. The van der Waals surface area contributed by atoms with Gasteiger partial charge in [-0.25, -0.2) is 9.78 Å². The third-order valence-electron chi connectivity index (χ3n) is 7.98. The maximum Gasteiger partial charge on any atom is 0.355 e. The van der Waals surface area contributed by atoms with Crippen molar-refractivity contribution in [3.05, 3.63) is 76.1 Å². The van der Waals surface area contributed by atoms with Crippen molar-refractivity contribution in [2.24, 2.45) is 0 Å². The summed E-state index contributed by atoms with van der Waals surface area (Å²) in [7, 11) is 1.51. The van der Waals surface area contributed by atoms with Crippen LogP contribution in [0.2, 0.25) is 0 Å². The zero-order chi connectivity index (χ0) is 30.7. The minimum atomic E-state index is -1.73. The second-order valence-electron chi connectivity index (χ2n) is 10.8. The van der Waals surface area contributed by atoms with Crippen LogP contribution >= 0.6 is 0 Å². The number of carbonyl (C=O) groups excluding carboxylic acids is 4. The first-order chi connectivity index (χ1) is 20.7. The maximum absolute atomic E-state index is 13.6. The summed E-state index contributed by atoms with van der Waals surface area (Å²) in [5.41, 5.74) is 1.56. The van der Waals surface area contributed by atoms with Crippen LogP contribution in [-0.2, 0) is 47.4 Å². The van der Waals surface area contributed by atoms with E-state index in [1.165, 1.54) is 11.9 Å². The van der Waals surface area contributed by atoms with E-state index >= 15 is 0 Å². The Morgan fingerprint density at radius 3 is 2.74 bits per heavy atom. The molecule has 2 aromatic heterocycles. The van der Waals surface area contributed by atoms with Gasteiger partial charge in [0.2, 0.25) is 17.4 Å². The first-order valence-corrected chi connectivity index (χ1v) is 14.4. The Balaban J connectivity index is 1.27. The molecule has 4 heterocycles. The zero-order valence-corrected chi connectivity index (χ0v) is 24.3. The highest BCUT2D eigenvalue weighted by Crippen LogP contribution is 2.41. The van der Waals surface area contributed by atoms with Gasteiger partial charge in [-0.15, -0.1) is 0 Å². The number of likely N-dealkylation sites (N-methyl/N-ethyl adjacent to an activating group) is 1. The third kappa shape index (κ3) is 5.67. The Morgan fingerprint density at radius 1 is 1.19 bits per heavy atom. The van der Waals surface area contributed by atoms with E-state index in [-0.39, 0.29) is 43.4 Å². The van der Waals surface area contributed by atoms with Crippen LogP contribution in [0.1, 0.15) is 55.7 Å². The number of esters is 2. The molecule has 0 aliphatic carbocycles. The lowest BCUT2D eigenvalue weighted by Crippen LogP contribution is -2.47. The molecule has 224 valence electrons. The number of hydrogen-bond donors (Lipinski definition) is 1. The fourth-order valence-corrected chi connectivity index (χ4v) is 5.63. The van der Waals surface area contributed by atoms with Crippen molar-refractivity contribution < 1.29 is 28.7 Å². The molecule has 0 saturated carbocycles. The van der Waals surface area contributed by atoms with E-state index in [0.29, 0.717) is 54.9 Å². The summed E-state index contributed by atoms with van der Waals surface area (Å²) in [6, 6.07) is 11.5. The number of ether oxygens (including phenoxy) is 2. The largest absolute Gasteiger partial charge is 0.457 e. The van der Waals surface area contributed by atoms with E-state index in [1.807, 2.05) is 30.3 Å². The van der Waals surface area contributed by atoms with Crippen LogP contribution in [0.3, 0.4) is 0 Å². The molecule has 1 aromatic carbocycles. The van der Waals surface area contributed by atoms with Crippen molar-refractivity contribution in [3.8, 4) is 11.4 Å². The number of fused-ring (bicyclic) bond motifs is 5. The van der Waals surface area contributed by atoms with Gasteiger partial charge in [-0.1, -0.05) is 38.1 Å². The highest BCUT2D eigenvalue weighted by molar-refractivity contribution is 5.91. The lowest BCUT2D eigenvalue weighted by molar-refractivity contribution is -0.189. The number of nitrogens with one attached hydrogen (secondary N) is 1. The van der Waals surface area contributed by atoms with Crippen LogP contribution in [0.15, 0.2) is 53.8 Å². The summed E-state index contributed by atoms with van der Waals surface area (Å²) >= 11 is 0. The molecule has 3 aromatic rings. The number of amides is 2. The van der Waals surface area contributed by atoms with Gasteiger partial charge in [-0.3, -0.25) is 19.2 Å². The molecule has 1 N–H and O–H groups in total. The maximum atomic E-state index is 13.6. The van der Waals surface area contributed by atoms with Crippen molar-refractivity contribution in [3.63, 3.8) is 0 Å². The average molecular weight is 587 g/mol. The Bertz CT molecular complexity index is 1690. The number of pyridine rings is 2. The van der Waals surface area contributed by atoms with Gasteiger partial charge in [0.15, 0.2) is 0 Å². The van der Waals surface area contributed by atoms with E-state index in [2.05, 4.69) is 11.9 Å². The number of cyclic esters (lactones) is 1. The third-order valence-corrected chi connectivity index (χ3v) is 7.98. The molecule has 2 amide bonds. The van der Waals surface area contributed by atoms with E-state index < -0.39 is 17.5 Å². The minimum Gasteiger partial charge on any atom is -0.457 e. The standard InChI is InChI=1S/C32H34N4O7/c1-4-27(38)35(3)18-26(37)33-14-10-6-7-13-28(39)43-32(5-2)23-16-25-29-21(15-20-11-8-9-12-24(20)34-29)17-36(25)30(40)22(23)19-42-31(32)41/h4,8-9,11-12,15-16H,1,5-7,10,13-14,17-19H2,2-3H3,(H,33,37)/t32-/m0/s1. The second-order valence-corrected chi connectivity index (χ2v) is 10.8. The normalized spacial score (nSPS) is 16.5. The SMILES string of the molecule is C=CC(=O)N(C)CC(=O)NCCCCCC(=O)O[C@]1(CC)C(=O)OCc2c1cc1n(c2=O)Cc2cc3ccccc3nc2-1. The number of para-hydroxylation sites is 1. The van der Waals surface area contributed by atoms with Gasteiger partial charge < -0.3 is 24.3 Å². The Labute approximate surface area is 248 Å². The summed E-state index contributed by atoms with van der Waals surface area (Å²) in [5, 5.41) is 3.71. The summed E-state index contributed by atoms with van der Waals surface area (Å²) in [5.74, 6) is -1.91. The number of unbranched alkanes of at least 4 members (excludes halogenated alkanes) is 2. The quantitative estimate of drug-likeness (QED) is 0.161. The predicted molar refractivity (Wildman–Crippen MR) is 158 cm³/mol. The molecule has 2 aliphatic rings. The van der Waals surface area contributed by atoms with Gasteiger partial charge in [-0.05, 0) is 43.5 Å². The van der Waals surface area contributed by atoms with Gasteiger partial charge >= 0.3 is 11.9 Å². The summed E-state index contributed by atoms with van der Waals surface area (Å²) in [6.45, 7) is 5.59. The summed E-state index contributed by atoms with van der Waals surface area (Å²) in [6.07, 6.45) is 3.01. The van der Waals surface area contributed by atoms with Crippen molar-refractivity contribution in [2.75, 3.05) is 20.1 Å². The molecule has 0 radical (unpaired) electrons. The van der Waals surface area contributed by atoms with Gasteiger partial charge in [0.1, 0.15) is 6.61 Å². The highest BCUT2D eigenvalue weighted by atomic mass is 16.6. The number of rotatable bonds is 11. The summed E-state index contributed by atoms with van der Waals surface area (Å²) < 4.78 is 12.9. The Kier molecular flexibility index (Phi) is 8.43. The zero-order valence-electron chi connectivity index (χ0n) is 24.3. The highest BCUT2D eigenvalue weighted by Gasteiger charge is 2.50. The molecule has 0 fully saturated rings. The molecule has 11 heteroatoms. The van der Waals surface area contributed by atoms with Gasteiger partial charge in [0.05, 0.1) is 35.6 Å². The lowest BCUT2D eigenvalue weighted by Gasteiger charge is -2.35. The molecule has 0 spiro atoms. The molecule has 0 bridgehead atoms. The van der Waals surface area contributed by atoms with Crippen molar-refractivity contribution in [1.29, 1.82) is 0 Å². The molecule has 2 aliphatic heterocycles. The molecule has 43 heavy (non-hydrogen) atoms. The van der Waals surface area contributed by atoms with Crippen LogP contribution in [0.25, 0.3) is 22.3 Å². The monoisotopic (exact) mass is 586 g/mol. The van der Waals surface area contributed by atoms with Gasteiger partial charge in [0.25, 0.3) is 5.56 Å². The molecular weight excluding hydrogens is 552 g/mol. The minimum absolute atomic E-state index is 0.0508. The predicted octanol–water partition coefficient (Wildman–Crippen LogP) is 2.95. The first-order valence-electron chi connectivity index (χ1n) is 14.4. The van der Waals surface area contributed by atoms with Crippen LogP contribution in [0, 0.1) is 0 Å². The Morgan fingerprint density at radius 2 is 1.98 bits per heavy atom. The fourth-order valence-electron chi connectivity index (χ4n) is 5.63. The van der Waals surface area contributed by atoms with E-state index in [4.69, 9.17) is 14.5 Å². The number of nitrogens with zero attached hydrogens (tertiary/aromatic N) is 3. The summed E-state index contributed by atoms with van der Waals surface area (Å²) in [4.78, 5) is 69.4. The molecule has 11 nitrogen and oxygen atoms in total. The van der Waals surface area contributed by atoms with Crippen LogP contribution in [0.4, 0.5) is 0 Å². The molecule has 0 saturated heterocycles. The fraction of sp³-hybridized carbons (Fsp3) is 0.375. The smallest absolute Gasteiger partial charge is 0.355 e. The lowest BCUT2D eigenvalue weighted by atomic mass is 9.85. The van der Waals surface area contributed by atoms with E-state index in [1.54, 1.807) is 17.6 Å². The Hall–Kier alpha value is -4.80. The molecular formula is C32H34N4O7. The number of benzene rings is 1. The molecule has 1 atom stereocenters. The topological polar surface area (TPSA) is 137 Å². The number of aromatic nitrogens is 2. The average Bonchev–Trinajstić information content (AvgIpc) is 3.36. The van der Waals surface area contributed by atoms with Gasteiger partial charge in [0, 0.05) is 36.5 Å². The first kappa shape index (κ1) is 29.7. The number of carbonyl (C=O) groups is 4. The van der Waals surface area contributed by atoms with E-state index in [9.17, 15) is 24.0 Å². The van der Waals surface area contributed by atoms with Crippen LogP contribution < -0.4 is 10.9 Å². The van der Waals surface area contributed by atoms with Crippen molar-refractivity contribution >= 4 is 34.7 Å². The number of hydrogen-bond acceptors (Lipinski definition) is 8. The second kappa shape index (κ2) is 12.2. The molecule has 5 rings (SSSR count). The van der Waals surface area contributed by atoms with Crippen LogP contribution in [0.5, 0.6) is 0 Å². The van der Waals surface area contributed by atoms with E-state index in [0.717, 1.165) is 22.5 Å². The van der Waals surface area contributed by atoms with Crippen molar-refractivity contribution in [1.82, 2.24) is 19.8 Å². The van der Waals surface area contributed by atoms with Crippen LogP contribution in [-0.4, -0.2) is 58.3 Å². The van der Waals surface area contributed by atoms with Gasteiger partial charge in [-0.2, -0.15) is 0 Å².